The van der Waals surface area contributed by atoms with Crippen LogP contribution in [-0.4, -0.2) is 24.1 Å². The van der Waals surface area contributed by atoms with Gasteiger partial charge in [-0.15, -0.1) is 0 Å². The molecule has 4 heteroatoms. The van der Waals surface area contributed by atoms with Crippen LogP contribution in [-0.2, 0) is 0 Å². The Kier molecular flexibility index (Phi) is 2.38. The van der Waals surface area contributed by atoms with Crippen LogP contribution >= 0.6 is 11.6 Å². The summed E-state index contributed by atoms with van der Waals surface area (Å²) < 4.78 is 0. The van der Waals surface area contributed by atoms with Crippen molar-refractivity contribution < 1.29 is 0 Å². The largest absolute Gasteiger partial charge is 0.378 e. The summed E-state index contributed by atoms with van der Waals surface area (Å²) in [4.78, 5) is 4.17. The minimum Gasteiger partial charge on any atom is -0.378 e. The Morgan fingerprint density at radius 1 is 1.54 bits per heavy atom. The highest BCUT2D eigenvalue weighted by Crippen LogP contribution is 2.17. The van der Waals surface area contributed by atoms with Gasteiger partial charge in [-0.25, -0.2) is 4.98 Å². The minimum absolute atomic E-state index is 0.543. The lowest BCUT2D eigenvalue weighted by atomic mass is 10.1. The molecule has 2 N–H and O–H groups in total. The number of hydrogen-bond acceptors (Lipinski definition) is 3. The molecule has 1 saturated heterocycles. The molecule has 2 heterocycles. The Hall–Kier alpha value is -0.800. The maximum atomic E-state index is 5.75. The average Bonchev–Trinajstić information content (AvgIpc) is 1.99. The Bertz CT molecular complexity index is 310. The van der Waals surface area contributed by atoms with Gasteiger partial charge in [0, 0.05) is 13.1 Å². The highest BCUT2D eigenvalue weighted by molar-refractivity contribution is 6.29. The second-order valence-corrected chi connectivity index (χ2v) is 3.65. The van der Waals surface area contributed by atoms with Crippen LogP contribution in [0.2, 0.25) is 5.15 Å². The molecule has 70 valence electrons. The monoisotopic (exact) mass is 197 g/mol. The van der Waals surface area contributed by atoms with E-state index in [1.54, 1.807) is 0 Å². The van der Waals surface area contributed by atoms with E-state index in [2.05, 4.69) is 15.6 Å². The van der Waals surface area contributed by atoms with Crippen molar-refractivity contribution in [2.75, 3.05) is 18.4 Å². The summed E-state index contributed by atoms with van der Waals surface area (Å²) in [7, 11) is 0. The Morgan fingerprint density at radius 2 is 2.31 bits per heavy atom. The van der Waals surface area contributed by atoms with Gasteiger partial charge in [0.25, 0.3) is 0 Å². The highest BCUT2D eigenvalue weighted by atomic mass is 35.5. The molecule has 0 atom stereocenters. The van der Waals surface area contributed by atoms with Gasteiger partial charge in [0.1, 0.15) is 5.15 Å². The lowest BCUT2D eigenvalue weighted by Gasteiger charge is -2.29. The van der Waals surface area contributed by atoms with Gasteiger partial charge in [-0.3, -0.25) is 0 Å². The molecule has 13 heavy (non-hydrogen) atoms. The summed E-state index contributed by atoms with van der Waals surface area (Å²) >= 11 is 5.75. The summed E-state index contributed by atoms with van der Waals surface area (Å²) in [6, 6.07) is 4.33. The van der Waals surface area contributed by atoms with E-state index in [4.69, 9.17) is 11.6 Å². The molecular weight excluding hydrogens is 186 g/mol. The molecule has 1 aliphatic heterocycles. The van der Waals surface area contributed by atoms with Crippen molar-refractivity contribution in [2.45, 2.75) is 13.0 Å². The topological polar surface area (TPSA) is 37.0 Å². The van der Waals surface area contributed by atoms with E-state index in [1.165, 1.54) is 0 Å². The first-order valence-electron chi connectivity index (χ1n) is 4.36. The Morgan fingerprint density at radius 3 is 2.85 bits per heavy atom. The summed E-state index contributed by atoms with van der Waals surface area (Å²) in [5.74, 6) is 0. The molecule has 0 unspecified atom stereocenters. The zero-order valence-corrected chi connectivity index (χ0v) is 8.23. The van der Waals surface area contributed by atoms with E-state index < -0.39 is 0 Å². The third kappa shape index (κ3) is 1.92. The van der Waals surface area contributed by atoms with E-state index in [-0.39, 0.29) is 0 Å². The van der Waals surface area contributed by atoms with Crippen LogP contribution in [0.1, 0.15) is 5.69 Å². The van der Waals surface area contributed by atoms with Crippen LogP contribution in [0.4, 0.5) is 5.69 Å². The van der Waals surface area contributed by atoms with Crippen LogP contribution in [0.25, 0.3) is 0 Å². The fourth-order valence-corrected chi connectivity index (χ4v) is 1.48. The van der Waals surface area contributed by atoms with Gasteiger partial charge < -0.3 is 10.6 Å². The van der Waals surface area contributed by atoms with Crippen molar-refractivity contribution in [3.8, 4) is 0 Å². The number of rotatable bonds is 2. The van der Waals surface area contributed by atoms with Gasteiger partial charge in [0.15, 0.2) is 0 Å². The van der Waals surface area contributed by atoms with Gasteiger partial charge in [-0.05, 0) is 19.1 Å². The lowest BCUT2D eigenvalue weighted by Crippen LogP contribution is -2.51. The molecule has 1 fully saturated rings. The molecule has 1 aliphatic rings. The van der Waals surface area contributed by atoms with Crippen molar-refractivity contribution in [1.82, 2.24) is 10.3 Å². The average molecular weight is 198 g/mol. The molecule has 1 aromatic heterocycles. The van der Waals surface area contributed by atoms with Gasteiger partial charge in [0.2, 0.25) is 0 Å². The number of halogens is 1. The number of aryl methyl sites for hydroxylation is 1. The van der Waals surface area contributed by atoms with Gasteiger partial charge >= 0.3 is 0 Å². The van der Waals surface area contributed by atoms with E-state index in [9.17, 15) is 0 Å². The van der Waals surface area contributed by atoms with E-state index >= 15 is 0 Å². The smallest absolute Gasteiger partial charge is 0.129 e. The Balaban J connectivity index is 2.10. The van der Waals surface area contributed by atoms with Crippen molar-refractivity contribution in [3.05, 3.63) is 23.0 Å². The molecule has 0 saturated carbocycles. The van der Waals surface area contributed by atoms with Gasteiger partial charge in [-0.2, -0.15) is 0 Å². The fourth-order valence-electron chi connectivity index (χ4n) is 1.29. The first-order chi connectivity index (χ1) is 6.25. The molecule has 2 rings (SSSR count). The van der Waals surface area contributed by atoms with Crippen LogP contribution < -0.4 is 10.6 Å². The first kappa shape index (κ1) is 8.78. The van der Waals surface area contributed by atoms with Crippen LogP contribution in [0, 0.1) is 6.92 Å². The maximum absolute atomic E-state index is 5.75. The predicted octanol–water partition coefficient (Wildman–Crippen LogP) is 1.43. The van der Waals surface area contributed by atoms with Crippen molar-refractivity contribution in [3.63, 3.8) is 0 Å². The van der Waals surface area contributed by atoms with Crippen molar-refractivity contribution in [2.24, 2.45) is 0 Å². The zero-order valence-electron chi connectivity index (χ0n) is 7.47. The predicted molar refractivity (Wildman–Crippen MR) is 54.3 cm³/mol. The van der Waals surface area contributed by atoms with Gasteiger partial charge in [-0.1, -0.05) is 11.6 Å². The lowest BCUT2D eigenvalue weighted by molar-refractivity contribution is 0.472. The molecule has 0 aliphatic carbocycles. The fraction of sp³-hybridized carbons (Fsp3) is 0.444. The second kappa shape index (κ2) is 3.52. The molecule has 0 radical (unpaired) electrons. The summed E-state index contributed by atoms with van der Waals surface area (Å²) in [6.45, 7) is 4.02. The number of pyridine rings is 1. The third-order valence-corrected chi connectivity index (χ3v) is 2.40. The zero-order chi connectivity index (χ0) is 9.26. The number of nitrogens with one attached hydrogen (secondary N) is 2. The number of aromatic nitrogens is 1. The molecule has 0 spiro atoms. The molecular formula is C9H12ClN3. The quantitative estimate of drug-likeness (QED) is 0.705. The maximum Gasteiger partial charge on any atom is 0.129 e. The summed E-state index contributed by atoms with van der Waals surface area (Å²) in [6.07, 6.45) is 0. The van der Waals surface area contributed by atoms with Gasteiger partial charge in [0.05, 0.1) is 17.4 Å². The molecule has 1 aromatic rings. The molecule has 0 amide bonds. The minimum atomic E-state index is 0.543. The number of anilines is 1. The number of hydrogen-bond donors (Lipinski definition) is 2. The molecule has 3 nitrogen and oxygen atoms in total. The standard InChI is InChI=1S/C9H12ClN3/c1-6-8(2-3-9(10)12-6)13-7-4-11-5-7/h2-3,7,11,13H,4-5H2,1H3. The SMILES string of the molecule is Cc1nc(Cl)ccc1NC1CNC1. The van der Waals surface area contributed by atoms with Crippen LogP contribution in [0.3, 0.4) is 0 Å². The first-order valence-corrected chi connectivity index (χ1v) is 4.74. The second-order valence-electron chi connectivity index (χ2n) is 3.27. The molecule has 0 aromatic carbocycles. The van der Waals surface area contributed by atoms with Crippen molar-refractivity contribution >= 4 is 17.3 Å². The van der Waals surface area contributed by atoms with E-state index in [0.717, 1.165) is 24.5 Å². The third-order valence-electron chi connectivity index (χ3n) is 2.19. The van der Waals surface area contributed by atoms with Crippen molar-refractivity contribution in [1.29, 1.82) is 0 Å². The van der Waals surface area contributed by atoms with Crippen LogP contribution in [0.15, 0.2) is 12.1 Å². The highest BCUT2D eigenvalue weighted by Gasteiger charge is 2.16. The van der Waals surface area contributed by atoms with E-state index in [0.29, 0.717) is 11.2 Å². The summed E-state index contributed by atoms with van der Waals surface area (Å²) in [5.41, 5.74) is 2.04. The normalized spacial score (nSPS) is 16.8. The Labute approximate surface area is 82.5 Å². The van der Waals surface area contributed by atoms with Crippen LogP contribution in [0.5, 0.6) is 0 Å². The number of nitrogens with zero attached hydrogens (tertiary/aromatic N) is 1. The van der Waals surface area contributed by atoms with E-state index in [1.807, 2.05) is 19.1 Å². The summed E-state index contributed by atoms with van der Waals surface area (Å²) in [5, 5.41) is 7.14. The molecule has 0 bridgehead atoms.